The summed E-state index contributed by atoms with van der Waals surface area (Å²) in [5.74, 6) is 5.80. The summed E-state index contributed by atoms with van der Waals surface area (Å²) >= 11 is 0. The number of carbonyl (C=O) groups is 1. The Hall–Kier alpha value is -2.55. The van der Waals surface area contributed by atoms with Crippen molar-refractivity contribution < 1.29 is 4.79 Å². The van der Waals surface area contributed by atoms with Crippen molar-refractivity contribution in [2.45, 2.75) is 13.5 Å². The molecule has 0 aliphatic rings. The summed E-state index contributed by atoms with van der Waals surface area (Å²) in [5.41, 5.74) is 3.24. The number of amides is 1. The molecule has 0 bridgehead atoms. The minimum absolute atomic E-state index is 0.205. The third-order valence-corrected chi connectivity index (χ3v) is 2.40. The summed E-state index contributed by atoms with van der Waals surface area (Å²) in [6, 6.07) is 1.60. The highest BCUT2D eigenvalue weighted by atomic mass is 16.2. The molecule has 2 aromatic rings. The summed E-state index contributed by atoms with van der Waals surface area (Å²) in [7, 11) is 1.65. The van der Waals surface area contributed by atoms with Crippen LogP contribution < -0.4 is 11.3 Å². The summed E-state index contributed by atoms with van der Waals surface area (Å²) < 4.78 is 0. The van der Waals surface area contributed by atoms with E-state index >= 15 is 0 Å². The first-order valence-electron chi connectivity index (χ1n) is 5.52. The quantitative estimate of drug-likeness (QED) is 0.499. The molecule has 2 heterocycles. The molecule has 0 aliphatic carbocycles. The number of nitrogens with one attached hydrogen (secondary N) is 2. The Morgan fingerprint density at radius 3 is 2.95 bits per heavy atom. The van der Waals surface area contributed by atoms with Gasteiger partial charge in [-0.3, -0.25) is 15.3 Å². The lowest BCUT2D eigenvalue weighted by Gasteiger charge is -2.15. The fraction of sp³-hybridized carbons (Fsp3) is 0.300. The molecule has 19 heavy (non-hydrogen) atoms. The molecule has 100 valence electrons. The van der Waals surface area contributed by atoms with Crippen LogP contribution in [-0.4, -0.2) is 43.0 Å². The fourth-order valence-corrected chi connectivity index (χ4v) is 1.54. The molecule has 2 aromatic heterocycles. The SMILES string of the molecule is Cc1cc(C(=O)N(C)Cc2ncn[nH]2)nc(NN)n1. The maximum absolute atomic E-state index is 12.2. The van der Waals surface area contributed by atoms with E-state index in [1.165, 1.54) is 11.2 Å². The molecular weight excluding hydrogens is 248 g/mol. The minimum Gasteiger partial charge on any atom is -0.333 e. The largest absolute Gasteiger partial charge is 0.333 e. The Morgan fingerprint density at radius 2 is 2.32 bits per heavy atom. The molecule has 9 nitrogen and oxygen atoms in total. The highest BCUT2D eigenvalue weighted by molar-refractivity contribution is 5.92. The van der Waals surface area contributed by atoms with Crippen LogP contribution in [0.3, 0.4) is 0 Å². The third-order valence-electron chi connectivity index (χ3n) is 2.40. The second kappa shape index (κ2) is 5.40. The van der Waals surface area contributed by atoms with Gasteiger partial charge in [-0.15, -0.1) is 0 Å². The van der Waals surface area contributed by atoms with Crippen LogP contribution in [0.1, 0.15) is 22.0 Å². The summed E-state index contributed by atoms with van der Waals surface area (Å²) in [4.78, 5) is 25.7. The van der Waals surface area contributed by atoms with E-state index in [9.17, 15) is 4.79 Å². The third kappa shape index (κ3) is 3.01. The zero-order valence-electron chi connectivity index (χ0n) is 10.6. The second-order valence-electron chi connectivity index (χ2n) is 3.96. The number of nitrogens with two attached hydrogens (primary N) is 1. The standard InChI is InChI=1S/C10H14N8O/c1-6-3-7(15-10(14-6)16-11)9(19)18(2)4-8-12-5-13-17-8/h3,5H,4,11H2,1-2H3,(H,12,13,17)(H,14,15,16). The highest BCUT2D eigenvalue weighted by Gasteiger charge is 2.16. The van der Waals surface area contributed by atoms with Gasteiger partial charge >= 0.3 is 0 Å². The molecule has 0 saturated carbocycles. The summed E-state index contributed by atoms with van der Waals surface area (Å²) in [6.07, 6.45) is 1.39. The molecule has 9 heteroatoms. The van der Waals surface area contributed by atoms with Crippen molar-refractivity contribution in [2.75, 3.05) is 12.5 Å². The number of rotatable bonds is 4. The van der Waals surface area contributed by atoms with Gasteiger partial charge in [0.25, 0.3) is 5.91 Å². The molecule has 1 amide bonds. The Morgan fingerprint density at radius 1 is 1.53 bits per heavy atom. The van der Waals surface area contributed by atoms with E-state index in [0.717, 1.165) is 0 Å². The Labute approximate surface area is 109 Å². The maximum atomic E-state index is 12.2. The van der Waals surface area contributed by atoms with Crippen LogP contribution in [0, 0.1) is 6.92 Å². The molecule has 0 unspecified atom stereocenters. The van der Waals surface area contributed by atoms with Crippen molar-refractivity contribution in [3.63, 3.8) is 0 Å². The molecule has 0 fully saturated rings. The van der Waals surface area contributed by atoms with Crippen LogP contribution in [0.25, 0.3) is 0 Å². The molecule has 4 N–H and O–H groups in total. The summed E-state index contributed by atoms with van der Waals surface area (Å²) in [6.45, 7) is 2.07. The Balaban J connectivity index is 2.16. The van der Waals surface area contributed by atoms with Gasteiger partial charge in [0, 0.05) is 12.7 Å². The number of aryl methyl sites for hydroxylation is 1. The van der Waals surface area contributed by atoms with Crippen molar-refractivity contribution in [3.05, 3.63) is 29.6 Å². The Bertz CT molecular complexity index is 567. The first-order valence-corrected chi connectivity index (χ1v) is 5.52. The van der Waals surface area contributed by atoms with Crippen molar-refractivity contribution >= 4 is 11.9 Å². The number of hydrogen-bond acceptors (Lipinski definition) is 7. The van der Waals surface area contributed by atoms with Crippen molar-refractivity contribution in [1.29, 1.82) is 0 Å². The van der Waals surface area contributed by atoms with E-state index in [0.29, 0.717) is 18.1 Å². The lowest BCUT2D eigenvalue weighted by atomic mass is 10.3. The highest BCUT2D eigenvalue weighted by Crippen LogP contribution is 2.07. The number of carbonyl (C=O) groups excluding carboxylic acids is 1. The fourth-order valence-electron chi connectivity index (χ4n) is 1.54. The van der Waals surface area contributed by atoms with Crippen LogP contribution in [-0.2, 0) is 6.54 Å². The number of hydrogen-bond donors (Lipinski definition) is 3. The first-order chi connectivity index (χ1) is 9.10. The number of aromatic amines is 1. The lowest BCUT2D eigenvalue weighted by Crippen LogP contribution is -2.28. The average Bonchev–Trinajstić information content (AvgIpc) is 2.89. The predicted octanol–water partition coefficient (Wildman–Crippen LogP) is -0.539. The monoisotopic (exact) mass is 262 g/mol. The van der Waals surface area contributed by atoms with Crippen molar-refractivity contribution in [3.8, 4) is 0 Å². The van der Waals surface area contributed by atoms with Gasteiger partial charge < -0.3 is 4.90 Å². The summed E-state index contributed by atoms with van der Waals surface area (Å²) in [5, 5.41) is 6.41. The van der Waals surface area contributed by atoms with Crippen LogP contribution in [0.4, 0.5) is 5.95 Å². The normalized spacial score (nSPS) is 10.3. The van der Waals surface area contributed by atoms with E-state index in [-0.39, 0.29) is 17.5 Å². The van der Waals surface area contributed by atoms with Crippen molar-refractivity contribution in [2.24, 2.45) is 5.84 Å². The van der Waals surface area contributed by atoms with Gasteiger partial charge in [0.05, 0.1) is 6.54 Å². The molecule has 0 spiro atoms. The topological polar surface area (TPSA) is 126 Å². The van der Waals surface area contributed by atoms with Crippen LogP contribution in [0.2, 0.25) is 0 Å². The van der Waals surface area contributed by atoms with Gasteiger partial charge in [-0.2, -0.15) is 5.10 Å². The maximum Gasteiger partial charge on any atom is 0.272 e. The molecule has 0 atom stereocenters. The number of nitrogens with zero attached hydrogens (tertiary/aromatic N) is 5. The molecule has 0 saturated heterocycles. The zero-order chi connectivity index (χ0) is 13.8. The first kappa shape index (κ1) is 12.9. The number of nitrogen functional groups attached to an aromatic ring is 1. The number of hydrazine groups is 1. The van der Waals surface area contributed by atoms with Crippen molar-refractivity contribution in [1.82, 2.24) is 30.0 Å². The molecular formula is C10H14N8O. The molecule has 0 aromatic carbocycles. The smallest absolute Gasteiger partial charge is 0.272 e. The van der Waals surface area contributed by atoms with E-state index in [1.54, 1.807) is 20.0 Å². The van der Waals surface area contributed by atoms with E-state index in [2.05, 4.69) is 30.6 Å². The van der Waals surface area contributed by atoms with Gasteiger partial charge in [-0.25, -0.2) is 20.8 Å². The van der Waals surface area contributed by atoms with Gasteiger partial charge in [0.1, 0.15) is 17.8 Å². The molecule has 0 radical (unpaired) electrons. The second-order valence-corrected chi connectivity index (χ2v) is 3.96. The van der Waals surface area contributed by atoms with Crippen LogP contribution in [0.5, 0.6) is 0 Å². The van der Waals surface area contributed by atoms with Crippen LogP contribution >= 0.6 is 0 Å². The predicted molar refractivity (Wildman–Crippen MR) is 66.8 cm³/mol. The average molecular weight is 262 g/mol. The van der Waals surface area contributed by atoms with Gasteiger partial charge in [0.15, 0.2) is 0 Å². The zero-order valence-corrected chi connectivity index (χ0v) is 10.6. The lowest BCUT2D eigenvalue weighted by molar-refractivity contribution is 0.0775. The molecule has 2 rings (SSSR count). The number of anilines is 1. The molecule has 0 aliphatic heterocycles. The van der Waals surface area contributed by atoms with Gasteiger partial charge in [-0.1, -0.05) is 0 Å². The van der Waals surface area contributed by atoms with E-state index in [4.69, 9.17) is 5.84 Å². The van der Waals surface area contributed by atoms with Crippen LogP contribution in [0.15, 0.2) is 12.4 Å². The van der Waals surface area contributed by atoms with Gasteiger partial charge in [0.2, 0.25) is 5.95 Å². The van der Waals surface area contributed by atoms with E-state index < -0.39 is 0 Å². The van der Waals surface area contributed by atoms with Gasteiger partial charge in [-0.05, 0) is 13.0 Å². The Kier molecular flexibility index (Phi) is 3.66. The minimum atomic E-state index is -0.251. The van der Waals surface area contributed by atoms with E-state index in [1.807, 2.05) is 0 Å². The number of aromatic nitrogens is 5. The number of H-pyrrole nitrogens is 1.